The van der Waals surface area contributed by atoms with Crippen molar-refractivity contribution < 1.29 is 27.8 Å². The predicted octanol–water partition coefficient (Wildman–Crippen LogP) is 0.940. The Morgan fingerprint density at radius 1 is 1.47 bits per heavy atom. The quantitative estimate of drug-likeness (QED) is 0.833. The fourth-order valence-corrected chi connectivity index (χ4v) is 1.32. The largest absolute Gasteiger partial charge is 0.573 e. The Hall–Kier alpha value is -1.54. The first-order valence-electron chi connectivity index (χ1n) is 4.54. The Labute approximate surface area is 95.0 Å². The molecule has 0 fully saturated rings. The molecule has 5 nitrogen and oxygen atoms in total. The van der Waals surface area contributed by atoms with Crippen molar-refractivity contribution in [1.29, 1.82) is 0 Å². The molecule has 0 aliphatic heterocycles. The number of nitrogens with zero attached hydrogens (tertiary/aromatic N) is 1. The third kappa shape index (κ3) is 3.21. The van der Waals surface area contributed by atoms with Gasteiger partial charge in [-0.15, -0.1) is 13.2 Å². The van der Waals surface area contributed by atoms with Gasteiger partial charge in [0.15, 0.2) is 11.5 Å². The first-order valence-corrected chi connectivity index (χ1v) is 4.54. The van der Waals surface area contributed by atoms with Gasteiger partial charge in [-0.25, -0.2) is 0 Å². The molecular formula is C9H11F3N2O3. The number of nitrogens with two attached hydrogens (primary N) is 1. The highest BCUT2D eigenvalue weighted by atomic mass is 19.4. The molecule has 0 aliphatic carbocycles. The van der Waals surface area contributed by atoms with Crippen LogP contribution in [0.4, 0.5) is 13.2 Å². The van der Waals surface area contributed by atoms with E-state index in [1.54, 1.807) is 0 Å². The van der Waals surface area contributed by atoms with Crippen molar-refractivity contribution in [2.75, 3.05) is 7.11 Å². The topological polar surface area (TPSA) is 77.6 Å². The number of aromatic nitrogens is 1. The molecule has 0 bridgehead atoms. The maximum atomic E-state index is 12.1. The predicted molar refractivity (Wildman–Crippen MR) is 51.3 cm³/mol. The number of rotatable bonds is 4. The lowest BCUT2D eigenvalue weighted by Crippen LogP contribution is -2.19. The number of aliphatic hydroxyl groups excluding tert-OH is 1. The summed E-state index contributed by atoms with van der Waals surface area (Å²) in [6.45, 7) is -0.702. The molecule has 1 aromatic heterocycles. The summed E-state index contributed by atoms with van der Waals surface area (Å²) in [7, 11) is 1.24. The lowest BCUT2D eigenvalue weighted by atomic mass is 10.2. The Balaban J connectivity index is 3.23. The van der Waals surface area contributed by atoms with E-state index in [4.69, 9.17) is 15.6 Å². The van der Waals surface area contributed by atoms with Crippen LogP contribution in [0.2, 0.25) is 0 Å². The first kappa shape index (κ1) is 13.5. The van der Waals surface area contributed by atoms with E-state index in [0.717, 1.165) is 6.20 Å². The monoisotopic (exact) mass is 252 g/mol. The van der Waals surface area contributed by atoms with Gasteiger partial charge in [0.2, 0.25) is 0 Å². The van der Waals surface area contributed by atoms with Crippen LogP contribution in [-0.2, 0) is 13.2 Å². The summed E-state index contributed by atoms with van der Waals surface area (Å²) in [4.78, 5) is 3.61. The third-order valence-corrected chi connectivity index (χ3v) is 1.95. The maximum Gasteiger partial charge on any atom is 0.573 e. The van der Waals surface area contributed by atoms with Crippen LogP contribution in [0.5, 0.6) is 11.5 Å². The van der Waals surface area contributed by atoms with E-state index >= 15 is 0 Å². The number of aliphatic hydroxyl groups is 1. The molecule has 0 spiro atoms. The molecule has 8 heteroatoms. The summed E-state index contributed by atoms with van der Waals surface area (Å²) >= 11 is 0. The van der Waals surface area contributed by atoms with Crippen LogP contribution in [-0.4, -0.2) is 23.6 Å². The van der Waals surface area contributed by atoms with Crippen molar-refractivity contribution >= 4 is 0 Å². The molecular weight excluding hydrogens is 241 g/mol. The lowest BCUT2D eigenvalue weighted by molar-refractivity contribution is -0.275. The zero-order chi connectivity index (χ0) is 13.1. The standard InChI is InChI=1S/C9H11F3N2O3/c1-16-8-5(2-13)7(17-9(10,11)12)3-14-6(8)4-15/h3,15H,2,4,13H2,1H3. The highest BCUT2D eigenvalue weighted by molar-refractivity contribution is 5.46. The fourth-order valence-electron chi connectivity index (χ4n) is 1.32. The summed E-state index contributed by atoms with van der Waals surface area (Å²) in [5.41, 5.74) is 5.44. The van der Waals surface area contributed by atoms with E-state index < -0.39 is 18.7 Å². The van der Waals surface area contributed by atoms with Crippen LogP contribution in [0.1, 0.15) is 11.3 Å². The normalized spacial score (nSPS) is 11.4. The van der Waals surface area contributed by atoms with Crippen LogP contribution >= 0.6 is 0 Å². The van der Waals surface area contributed by atoms with E-state index in [2.05, 4.69) is 9.72 Å². The van der Waals surface area contributed by atoms with Gasteiger partial charge in [0.25, 0.3) is 0 Å². The molecule has 0 amide bonds. The van der Waals surface area contributed by atoms with Crippen molar-refractivity contribution in [2.45, 2.75) is 19.5 Å². The molecule has 0 unspecified atom stereocenters. The molecule has 1 aromatic rings. The SMILES string of the molecule is COc1c(CO)ncc(OC(F)(F)F)c1CN. The Bertz CT molecular complexity index is 396. The number of pyridine rings is 1. The van der Waals surface area contributed by atoms with E-state index in [1.807, 2.05) is 0 Å². The highest BCUT2D eigenvalue weighted by Gasteiger charge is 2.33. The van der Waals surface area contributed by atoms with Gasteiger partial charge in [-0.05, 0) is 0 Å². The number of ether oxygens (including phenoxy) is 2. The number of hydrogen-bond donors (Lipinski definition) is 2. The molecule has 17 heavy (non-hydrogen) atoms. The van der Waals surface area contributed by atoms with Gasteiger partial charge in [-0.2, -0.15) is 0 Å². The van der Waals surface area contributed by atoms with Gasteiger partial charge in [-0.3, -0.25) is 4.98 Å². The van der Waals surface area contributed by atoms with Crippen molar-refractivity contribution in [2.24, 2.45) is 5.73 Å². The molecule has 0 radical (unpaired) electrons. The summed E-state index contributed by atoms with van der Waals surface area (Å²) in [6, 6.07) is 0. The number of halogens is 3. The van der Waals surface area contributed by atoms with Gasteiger partial charge in [-0.1, -0.05) is 0 Å². The molecule has 1 rings (SSSR count). The van der Waals surface area contributed by atoms with Gasteiger partial charge in [0.1, 0.15) is 5.69 Å². The van der Waals surface area contributed by atoms with Crippen LogP contribution in [0, 0.1) is 0 Å². The highest BCUT2D eigenvalue weighted by Crippen LogP contribution is 2.33. The van der Waals surface area contributed by atoms with Gasteiger partial charge >= 0.3 is 6.36 Å². The molecule has 0 atom stereocenters. The van der Waals surface area contributed by atoms with Crippen LogP contribution in [0.15, 0.2) is 6.20 Å². The molecule has 0 saturated carbocycles. The smallest absolute Gasteiger partial charge is 0.494 e. The number of hydrogen-bond acceptors (Lipinski definition) is 5. The Morgan fingerprint density at radius 2 is 2.12 bits per heavy atom. The van der Waals surface area contributed by atoms with Crippen molar-refractivity contribution in [3.8, 4) is 11.5 Å². The molecule has 96 valence electrons. The van der Waals surface area contributed by atoms with Crippen LogP contribution < -0.4 is 15.2 Å². The second kappa shape index (κ2) is 5.19. The van der Waals surface area contributed by atoms with Crippen molar-refractivity contribution in [3.05, 3.63) is 17.5 Å². The summed E-state index contributed by atoms with van der Waals surface area (Å²) in [5, 5.41) is 8.95. The Morgan fingerprint density at radius 3 is 2.53 bits per heavy atom. The van der Waals surface area contributed by atoms with E-state index in [1.165, 1.54) is 7.11 Å². The average molecular weight is 252 g/mol. The molecule has 0 aromatic carbocycles. The van der Waals surface area contributed by atoms with Crippen LogP contribution in [0.3, 0.4) is 0 Å². The fraction of sp³-hybridized carbons (Fsp3) is 0.444. The van der Waals surface area contributed by atoms with Crippen molar-refractivity contribution in [1.82, 2.24) is 4.98 Å². The minimum absolute atomic E-state index is 0.00301. The van der Waals surface area contributed by atoms with Gasteiger partial charge < -0.3 is 20.3 Å². The second-order valence-corrected chi connectivity index (χ2v) is 2.99. The number of alkyl halides is 3. The zero-order valence-corrected chi connectivity index (χ0v) is 8.91. The van der Waals surface area contributed by atoms with Gasteiger partial charge in [0.05, 0.1) is 25.5 Å². The maximum absolute atomic E-state index is 12.1. The van der Waals surface area contributed by atoms with E-state index in [9.17, 15) is 13.2 Å². The van der Waals surface area contributed by atoms with Crippen molar-refractivity contribution in [3.63, 3.8) is 0 Å². The lowest BCUT2D eigenvalue weighted by Gasteiger charge is -2.16. The molecule has 0 aliphatic rings. The second-order valence-electron chi connectivity index (χ2n) is 2.99. The number of methoxy groups -OCH3 is 1. The van der Waals surface area contributed by atoms with Crippen LogP contribution in [0.25, 0.3) is 0 Å². The minimum atomic E-state index is -4.84. The average Bonchev–Trinajstić information content (AvgIpc) is 2.26. The summed E-state index contributed by atoms with van der Waals surface area (Å²) in [6.07, 6.45) is -3.99. The molecule has 1 heterocycles. The first-order chi connectivity index (χ1) is 7.92. The van der Waals surface area contributed by atoms with E-state index in [0.29, 0.717) is 0 Å². The molecule has 0 saturated heterocycles. The third-order valence-electron chi connectivity index (χ3n) is 1.95. The van der Waals surface area contributed by atoms with E-state index in [-0.39, 0.29) is 23.6 Å². The van der Waals surface area contributed by atoms with Gasteiger partial charge in [0, 0.05) is 6.54 Å². The summed E-state index contributed by atoms with van der Waals surface area (Å²) < 4.78 is 44.9. The summed E-state index contributed by atoms with van der Waals surface area (Å²) in [5.74, 6) is -0.536. The molecule has 3 N–H and O–H groups in total. The Kier molecular flexibility index (Phi) is 4.13. The minimum Gasteiger partial charge on any atom is -0.494 e. The zero-order valence-electron chi connectivity index (χ0n) is 8.91.